The van der Waals surface area contributed by atoms with Crippen LogP contribution in [-0.2, 0) is 18.4 Å². The maximum absolute atomic E-state index is 12.9. The third-order valence-electron chi connectivity index (χ3n) is 12.1. The first-order valence-electron chi connectivity index (χ1n) is 27.9. The average Bonchev–Trinajstić information content (AvgIpc) is 3.30. The van der Waals surface area contributed by atoms with Gasteiger partial charge >= 0.3 is 0 Å². The summed E-state index contributed by atoms with van der Waals surface area (Å²) in [5, 5.41) is 13.8. The van der Waals surface area contributed by atoms with E-state index in [2.05, 4.69) is 92.1 Å². The summed E-state index contributed by atoms with van der Waals surface area (Å²) in [6, 6.07) is -0.937. The summed E-state index contributed by atoms with van der Waals surface area (Å²) >= 11 is 0. The maximum Gasteiger partial charge on any atom is 0.268 e. The van der Waals surface area contributed by atoms with Gasteiger partial charge in [-0.15, -0.1) is 0 Å². The van der Waals surface area contributed by atoms with Crippen LogP contribution < -0.4 is 10.2 Å². The van der Waals surface area contributed by atoms with Gasteiger partial charge < -0.3 is 28.8 Å². The van der Waals surface area contributed by atoms with E-state index in [0.29, 0.717) is 17.4 Å². The lowest BCUT2D eigenvalue weighted by atomic mass is 10.0. The number of likely N-dealkylation sites (N-methyl/N-ethyl adjacent to an activating group) is 1. The maximum atomic E-state index is 12.9. The van der Waals surface area contributed by atoms with Crippen molar-refractivity contribution >= 4 is 13.7 Å². The molecule has 0 bridgehead atoms. The number of amides is 1. The number of phosphoric acid groups is 1. The van der Waals surface area contributed by atoms with Crippen molar-refractivity contribution in [1.82, 2.24) is 5.32 Å². The van der Waals surface area contributed by atoms with Crippen LogP contribution >= 0.6 is 7.82 Å². The van der Waals surface area contributed by atoms with E-state index in [9.17, 15) is 19.4 Å². The lowest BCUT2D eigenvalue weighted by Crippen LogP contribution is -2.45. The van der Waals surface area contributed by atoms with Crippen LogP contribution in [0.5, 0.6) is 0 Å². The first-order valence-corrected chi connectivity index (χ1v) is 29.4. The van der Waals surface area contributed by atoms with E-state index in [0.717, 1.165) is 64.2 Å². The molecule has 68 heavy (non-hydrogen) atoms. The molecule has 0 spiro atoms. The summed E-state index contributed by atoms with van der Waals surface area (Å²) in [7, 11) is 1.20. The summed E-state index contributed by atoms with van der Waals surface area (Å²) < 4.78 is 23.2. The van der Waals surface area contributed by atoms with Crippen LogP contribution in [0.4, 0.5) is 0 Å². The van der Waals surface area contributed by atoms with Gasteiger partial charge in [0, 0.05) is 6.42 Å². The van der Waals surface area contributed by atoms with Gasteiger partial charge in [-0.2, -0.15) is 0 Å². The summed E-state index contributed by atoms with van der Waals surface area (Å²) in [5.41, 5.74) is 0. The molecule has 0 saturated heterocycles. The summed E-state index contributed by atoms with van der Waals surface area (Å²) in [4.78, 5) is 25.4. The number of quaternary nitrogens is 1. The minimum Gasteiger partial charge on any atom is -0.756 e. The molecule has 0 aliphatic carbocycles. The monoisotopic (exact) mass is 971 g/mol. The molecule has 3 atom stereocenters. The van der Waals surface area contributed by atoms with Crippen molar-refractivity contribution < 1.29 is 32.9 Å². The first kappa shape index (κ1) is 65.7. The van der Waals surface area contributed by atoms with Crippen LogP contribution in [0.2, 0.25) is 0 Å². The van der Waals surface area contributed by atoms with Gasteiger partial charge in [0.15, 0.2) is 0 Å². The number of allylic oxidation sites excluding steroid dienone is 13. The fourth-order valence-corrected chi connectivity index (χ4v) is 8.43. The van der Waals surface area contributed by atoms with E-state index >= 15 is 0 Å². The van der Waals surface area contributed by atoms with E-state index in [1.54, 1.807) is 6.08 Å². The molecule has 0 saturated carbocycles. The lowest BCUT2D eigenvalue weighted by molar-refractivity contribution is -0.870. The topological polar surface area (TPSA) is 108 Å². The number of aliphatic hydroxyl groups is 1. The molecule has 0 aromatic rings. The molecule has 2 N–H and O–H groups in total. The zero-order valence-electron chi connectivity index (χ0n) is 44.8. The fourth-order valence-electron chi connectivity index (χ4n) is 7.71. The van der Waals surface area contributed by atoms with Crippen LogP contribution in [0.3, 0.4) is 0 Å². The molecule has 0 aliphatic rings. The SMILES string of the molecule is CC/C=C\C/C=C\C/C=C\C/C=C\CCCCC(=O)NC(COP(=O)([O-])OCC[N+](C)(C)C)C(O)/C=C/CC/C=C/CC/C=C/CCCCCCCCCCCCCCCCCCCCCCC. The number of hydrogen-bond donors (Lipinski definition) is 2. The summed E-state index contributed by atoms with van der Waals surface area (Å²) in [6.07, 6.45) is 69.8. The Morgan fingerprint density at radius 2 is 0.912 bits per heavy atom. The second-order valence-electron chi connectivity index (χ2n) is 19.9. The Kier molecular flexibility index (Phi) is 48.0. The molecular formula is C59H107N2O6P. The third kappa shape index (κ3) is 51.5. The second kappa shape index (κ2) is 49.7. The molecule has 0 aromatic carbocycles. The minimum absolute atomic E-state index is 0.0213. The van der Waals surface area contributed by atoms with Crippen LogP contribution in [-0.4, -0.2) is 68.5 Å². The van der Waals surface area contributed by atoms with Gasteiger partial charge in [0.25, 0.3) is 7.82 Å². The Labute approximate surface area is 420 Å². The Balaban J connectivity index is 4.26. The van der Waals surface area contributed by atoms with Gasteiger partial charge in [-0.3, -0.25) is 9.36 Å². The molecule has 1 amide bonds. The quantitative estimate of drug-likeness (QED) is 0.0272. The van der Waals surface area contributed by atoms with Gasteiger partial charge in [0.1, 0.15) is 13.2 Å². The number of nitrogens with one attached hydrogen (secondary N) is 1. The normalized spacial score (nSPS) is 14.6. The highest BCUT2D eigenvalue weighted by atomic mass is 31.2. The third-order valence-corrected chi connectivity index (χ3v) is 13.0. The Morgan fingerprint density at radius 3 is 1.37 bits per heavy atom. The van der Waals surface area contributed by atoms with Crippen molar-refractivity contribution in [2.75, 3.05) is 40.9 Å². The highest BCUT2D eigenvalue weighted by molar-refractivity contribution is 7.45. The zero-order chi connectivity index (χ0) is 49.9. The number of phosphoric ester groups is 1. The molecule has 0 heterocycles. The van der Waals surface area contributed by atoms with E-state index in [4.69, 9.17) is 9.05 Å². The van der Waals surface area contributed by atoms with Crippen molar-refractivity contribution in [2.24, 2.45) is 0 Å². The number of rotatable bonds is 50. The predicted octanol–water partition coefficient (Wildman–Crippen LogP) is 16.2. The Hall–Kier alpha value is -2.32. The van der Waals surface area contributed by atoms with Crippen molar-refractivity contribution in [3.63, 3.8) is 0 Å². The van der Waals surface area contributed by atoms with Gasteiger partial charge in [-0.05, 0) is 83.5 Å². The smallest absolute Gasteiger partial charge is 0.268 e. The Morgan fingerprint density at radius 1 is 0.529 bits per heavy atom. The van der Waals surface area contributed by atoms with Crippen molar-refractivity contribution in [1.29, 1.82) is 0 Å². The van der Waals surface area contributed by atoms with E-state index in [1.165, 1.54) is 141 Å². The lowest BCUT2D eigenvalue weighted by Gasteiger charge is -2.29. The van der Waals surface area contributed by atoms with E-state index < -0.39 is 26.6 Å². The number of carbonyl (C=O) groups is 1. The molecule has 0 fully saturated rings. The van der Waals surface area contributed by atoms with Crippen LogP contribution in [0, 0.1) is 0 Å². The molecule has 8 nitrogen and oxygen atoms in total. The molecule has 0 radical (unpaired) electrons. The van der Waals surface area contributed by atoms with Gasteiger partial charge in [0.2, 0.25) is 5.91 Å². The molecular weight excluding hydrogens is 864 g/mol. The van der Waals surface area contributed by atoms with Crippen LogP contribution in [0.15, 0.2) is 85.1 Å². The Bertz CT molecular complexity index is 1380. The van der Waals surface area contributed by atoms with Crippen LogP contribution in [0.25, 0.3) is 0 Å². The van der Waals surface area contributed by atoms with Crippen molar-refractivity contribution in [2.45, 2.75) is 244 Å². The van der Waals surface area contributed by atoms with Gasteiger partial charge in [-0.1, -0.05) is 227 Å². The molecule has 0 rings (SSSR count). The van der Waals surface area contributed by atoms with E-state index in [-0.39, 0.29) is 18.9 Å². The molecule has 9 heteroatoms. The summed E-state index contributed by atoms with van der Waals surface area (Å²) in [5.74, 6) is -0.254. The highest BCUT2D eigenvalue weighted by Crippen LogP contribution is 2.38. The molecule has 3 unspecified atom stereocenters. The molecule has 0 aromatic heterocycles. The zero-order valence-corrected chi connectivity index (χ0v) is 45.7. The summed E-state index contributed by atoms with van der Waals surface area (Å²) in [6.45, 7) is 4.47. The number of unbranched alkanes of at least 4 members (excludes halogenated alkanes) is 25. The predicted molar refractivity (Wildman–Crippen MR) is 293 cm³/mol. The first-order chi connectivity index (χ1) is 33.0. The minimum atomic E-state index is -4.62. The van der Waals surface area contributed by atoms with Crippen molar-refractivity contribution in [3.05, 3.63) is 85.1 Å². The number of hydrogen-bond acceptors (Lipinski definition) is 6. The number of carbonyl (C=O) groups excluding carboxylic acids is 1. The molecule has 394 valence electrons. The standard InChI is InChI=1S/C59H107N2O6P/c1-6-8-10-12-14-16-18-20-22-23-24-25-26-27-28-29-30-31-32-33-34-35-36-37-39-40-42-44-46-48-50-52-58(62)57(56-67-68(64,65)66-55-54-61(3,4)5)60-59(63)53-51-49-47-45-43-41-38-21-19-17-15-13-11-9-7-2/h9,11,15,17,21,36-38,42-45,50,52,57-58,62H,6-8,10,12-14,16,18-20,22-35,39-41,46-49,51,53-56H2,1-5H3,(H-,60,63,64,65)/b11-9-,17-15-,37-36+,38-21-,44-42+,45-43-,52-50+. The second-order valence-corrected chi connectivity index (χ2v) is 21.3. The number of nitrogens with zero attached hydrogens (tertiary/aromatic N) is 1. The number of aliphatic hydroxyl groups excluding tert-OH is 1. The highest BCUT2D eigenvalue weighted by Gasteiger charge is 2.23. The van der Waals surface area contributed by atoms with Crippen molar-refractivity contribution in [3.8, 4) is 0 Å². The average molecular weight is 971 g/mol. The largest absolute Gasteiger partial charge is 0.756 e. The van der Waals surface area contributed by atoms with E-state index in [1.807, 2.05) is 27.2 Å². The molecule has 0 aliphatic heterocycles. The van der Waals surface area contributed by atoms with Gasteiger partial charge in [0.05, 0.1) is 39.9 Å². The fraction of sp³-hybridized carbons (Fsp3) is 0.746. The van der Waals surface area contributed by atoms with Gasteiger partial charge in [-0.25, -0.2) is 0 Å². The van der Waals surface area contributed by atoms with Crippen LogP contribution in [0.1, 0.15) is 232 Å².